The first-order valence-electron chi connectivity index (χ1n) is 6.38. The molecule has 0 aliphatic rings. The van der Waals surface area contributed by atoms with Gasteiger partial charge in [-0.15, -0.1) is 0 Å². The molecule has 0 amide bonds. The third-order valence-electron chi connectivity index (χ3n) is 2.76. The third-order valence-corrected chi connectivity index (χ3v) is 3.02. The summed E-state index contributed by atoms with van der Waals surface area (Å²) < 4.78 is 36.0. The molecule has 1 heterocycles. The van der Waals surface area contributed by atoms with Crippen LogP contribution in [0.2, 0.25) is 0 Å². The van der Waals surface area contributed by atoms with E-state index in [2.05, 4.69) is 20.0 Å². The molecule has 2 aromatic rings. The van der Waals surface area contributed by atoms with E-state index in [0.717, 1.165) is 0 Å². The van der Waals surface area contributed by atoms with Gasteiger partial charge in [-0.1, -0.05) is 6.92 Å². The van der Waals surface area contributed by atoms with Crippen LogP contribution in [0.15, 0.2) is 23.3 Å². The van der Waals surface area contributed by atoms with Crippen LogP contribution in [0.4, 0.5) is 8.78 Å². The van der Waals surface area contributed by atoms with Gasteiger partial charge in [-0.3, -0.25) is 5.10 Å². The number of benzene rings is 1. The van der Waals surface area contributed by atoms with Crippen LogP contribution in [0.5, 0.6) is 11.5 Å². The summed E-state index contributed by atoms with van der Waals surface area (Å²) in [4.78, 5) is 0. The van der Waals surface area contributed by atoms with Crippen LogP contribution in [-0.2, 0) is 6.42 Å². The van der Waals surface area contributed by atoms with E-state index in [1.54, 1.807) is 6.07 Å². The van der Waals surface area contributed by atoms with Crippen molar-refractivity contribution in [2.75, 3.05) is 7.11 Å². The van der Waals surface area contributed by atoms with Crippen molar-refractivity contribution in [3.8, 4) is 11.5 Å². The molecule has 0 aliphatic heterocycles. The zero-order valence-electron chi connectivity index (χ0n) is 11.9. The molecule has 0 atom stereocenters. The monoisotopic (exact) mass is 328 g/mol. The smallest absolute Gasteiger partial charge is 0.387 e. The highest BCUT2D eigenvalue weighted by atomic mass is 32.1. The minimum atomic E-state index is -2.93. The van der Waals surface area contributed by atoms with E-state index in [-0.39, 0.29) is 11.5 Å². The average molecular weight is 328 g/mol. The number of hydrogen-bond acceptors (Lipinski definition) is 5. The van der Waals surface area contributed by atoms with Gasteiger partial charge in [0.2, 0.25) is 4.77 Å². The maximum Gasteiger partial charge on any atom is 0.387 e. The summed E-state index contributed by atoms with van der Waals surface area (Å²) >= 11 is 5.06. The second-order valence-corrected chi connectivity index (χ2v) is 4.53. The predicted octanol–water partition coefficient (Wildman–Crippen LogP) is 3.00. The number of rotatable bonds is 6. The Morgan fingerprint density at radius 3 is 2.86 bits per heavy atom. The fraction of sp³-hybridized carbons (Fsp3) is 0.308. The van der Waals surface area contributed by atoms with Crippen LogP contribution in [0, 0.1) is 4.77 Å². The van der Waals surface area contributed by atoms with Crippen LogP contribution in [0.3, 0.4) is 0 Å². The molecule has 1 aromatic carbocycles. The van der Waals surface area contributed by atoms with Gasteiger partial charge in [-0.2, -0.15) is 23.7 Å². The lowest BCUT2D eigenvalue weighted by Crippen LogP contribution is -2.04. The number of nitrogens with zero attached hydrogens (tertiary/aromatic N) is 3. The summed E-state index contributed by atoms with van der Waals surface area (Å²) in [5.41, 5.74) is 0.557. The van der Waals surface area contributed by atoms with Gasteiger partial charge in [-0.05, 0) is 36.0 Å². The van der Waals surface area contributed by atoms with Gasteiger partial charge in [-0.25, -0.2) is 0 Å². The lowest BCUT2D eigenvalue weighted by Gasteiger charge is -2.10. The molecule has 0 bridgehead atoms. The Morgan fingerprint density at radius 1 is 1.45 bits per heavy atom. The summed E-state index contributed by atoms with van der Waals surface area (Å²) in [6.07, 6.45) is 2.12. The van der Waals surface area contributed by atoms with Gasteiger partial charge in [0.15, 0.2) is 17.3 Å². The van der Waals surface area contributed by atoms with Gasteiger partial charge in [0.1, 0.15) is 0 Å². The number of nitrogens with one attached hydrogen (secondary N) is 1. The fourth-order valence-electron chi connectivity index (χ4n) is 1.76. The number of halogens is 2. The van der Waals surface area contributed by atoms with Crippen LogP contribution < -0.4 is 9.47 Å². The standard InChI is InChI=1S/C13H14F2N4O2S/c1-3-11-17-18-13(22)19(11)16-7-8-4-5-9(20-2)10(6-8)21-12(14)15/h4-7,12H,3H2,1-2H3,(H,18,22)/b16-7-. The molecule has 22 heavy (non-hydrogen) atoms. The van der Waals surface area contributed by atoms with E-state index in [1.165, 1.54) is 30.1 Å². The minimum Gasteiger partial charge on any atom is -0.493 e. The van der Waals surface area contributed by atoms with Gasteiger partial charge >= 0.3 is 6.61 Å². The van der Waals surface area contributed by atoms with Crippen LogP contribution in [-0.4, -0.2) is 34.8 Å². The first-order chi connectivity index (χ1) is 10.5. The molecule has 1 N–H and O–H groups in total. The van der Waals surface area contributed by atoms with Crippen molar-refractivity contribution in [2.24, 2.45) is 5.10 Å². The van der Waals surface area contributed by atoms with E-state index >= 15 is 0 Å². The van der Waals surface area contributed by atoms with Gasteiger partial charge < -0.3 is 9.47 Å². The molecule has 9 heteroatoms. The molecular formula is C13H14F2N4O2S. The largest absolute Gasteiger partial charge is 0.493 e. The zero-order valence-corrected chi connectivity index (χ0v) is 12.7. The molecule has 118 valence electrons. The van der Waals surface area contributed by atoms with Gasteiger partial charge in [0.05, 0.1) is 13.3 Å². The van der Waals surface area contributed by atoms with Crippen LogP contribution in [0.1, 0.15) is 18.3 Å². The molecular weight excluding hydrogens is 314 g/mol. The number of ether oxygens (including phenoxy) is 2. The molecule has 0 spiro atoms. The third kappa shape index (κ3) is 3.67. The Balaban J connectivity index is 2.31. The highest BCUT2D eigenvalue weighted by molar-refractivity contribution is 7.71. The molecule has 0 unspecified atom stereocenters. The summed E-state index contributed by atoms with van der Waals surface area (Å²) in [5, 5.41) is 10.8. The zero-order chi connectivity index (χ0) is 16.1. The van der Waals surface area contributed by atoms with Crippen molar-refractivity contribution in [1.82, 2.24) is 14.9 Å². The van der Waals surface area contributed by atoms with E-state index in [1.807, 2.05) is 6.92 Å². The number of aryl methyl sites for hydroxylation is 1. The Morgan fingerprint density at radius 2 is 2.23 bits per heavy atom. The SMILES string of the molecule is CCc1n[nH]c(=S)n1/N=C\c1ccc(OC)c(OC(F)F)c1. The minimum absolute atomic E-state index is 0.0621. The van der Waals surface area contributed by atoms with Crippen LogP contribution in [0.25, 0.3) is 0 Å². The number of aromatic amines is 1. The van der Waals surface area contributed by atoms with Crippen molar-refractivity contribution < 1.29 is 18.3 Å². The maximum atomic E-state index is 12.4. The normalized spacial score (nSPS) is 11.3. The first-order valence-corrected chi connectivity index (χ1v) is 6.79. The predicted molar refractivity (Wildman–Crippen MR) is 79.4 cm³/mol. The van der Waals surface area contributed by atoms with E-state index in [0.29, 0.717) is 22.6 Å². The topological polar surface area (TPSA) is 64.4 Å². The van der Waals surface area contributed by atoms with Crippen molar-refractivity contribution in [3.05, 3.63) is 34.4 Å². The molecule has 6 nitrogen and oxygen atoms in total. The molecule has 0 saturated carbocycles. The summed E-state index contributed by atoms with van der Waals surface area (Å²) in [7, 11) is 1.37. The Kier molecular flexibility index (Phi) is 5.21. The summed E-state index contributed by atoms with van der Waals surface area (Å²) in [5.74, 6) is 0.818. The van der Waals surface area contributed by atoms with E-state index in [9.17, 15) is 8.78 Å². The van der Waals surface area contributed by atoms with Crippen molar-refractivity contribution in [1.29, 1.82) is 0 Å². The lowest BCUT2D eigenvalue weighted by atomic mass is 10.2. The molecule has 0 fully saturated rings. The maximum absolute atomic E-state index is 12.4. The Hall–Kier alpha value is -2.29. The van der Waals surface area contributed by atoms with E-state index in [4.69, 9.17) is 17.0 Å². The quantitative estimate of drug-likeness (QED) is 0.654. The molecule has 2 rings (SSSR count). The van der Waals surface area contributed by atoms with Crippen molar-refractivity contribution >= 4 is 18.4 Å². The fourth-order valence-corrected chi connectivity index (χ4v) is 1.96. The number of hydrogen-bond donors (Lipinski definition) is 1. The Labute approximate surface area is 130 Å². The lowest BCUT2D eigenvalue weighted by molar-refractivity contribution is -0.0512. The summed E-state index contributed by atoms with van der Waals surface area (Å²) in [6, 6.07) is 4.59. The number of alkyl halides is 2. The molecule has 1 aromatic heterocycles. The number of H-pyrrole nitrogens is 1. The average Bonchev–Trinajstić information content (AvgIpc) is 2.85. The van der Waals surface area contributed by atoms with Crippen molar-refractivity contribution in [2.45, 2.75) is 20.0 Å². The number of aromatic nitrogens is 3. The molecule has 0 aliphatic carbocycles. The molecule has 0 saturated heterocycles. The highest BCUT2D eigenvalue weighted by Gasteiger charge is 2.11. The molecule has 0 radical (unpaired) electrons. The highest BCUT2D eigenvalue weighted by Crippen LogP contribution is 2.28. The van der Waals surface area contributed by atoms with Crippen molar-refractivity contribution in [3.63, 3.8) is 0 Å². The van der Waals surface area contributed by atoms with Gasteiger partial charge in [0, 0.05) is 6.42 Å². The first kappa shape index (κ1) is 16.1. The van der Waals surface area contributed by atoms with E-state index < -0.39 is 6.61 Å². The second-order valence-electron chi connectivity index (χ2n) is 4.14. The number of methoxy groups -OCH3 is 1. The van der Waals surface area contributed by atoms with Gasteiger partial charge in [0.25, 0.3) is 0 Å². The second kappa shape index (κ2) is 7.12. The summed E-state index contributed by atoms with van der Waals surface area (Å²) in [6.45, 7) is -1.02. The Bertz CT molecular complexity index is 727. The van der Waals surface area contributed by atoms with Crippen LogP contribution >= 0.6 is 12.2 Å².